The molecule has 0 bridgehead atoms. The molecule has 0 spiro atoms. The third-order valence-electron chi connectivity index (χ3n) is 6.07. The summed E-state index contributed by atoms with van der Waals surface area (Å²) >= 11 is 3.40. The van der Waals surface area contributed by atoms with Crippen LogP contribution in [-0.4, -0.2) is 39.0 Å². The number of fused-ring (bicyclic) bond motifs is 2. The van der Waals surface area contributed by atoms with Crippen LogP contribution in [0.2, 0.25) is 0 Å². The molecule has 3 aromatic rings. The van der Waals surface area contributed by atoms with Crippen molar-refractivity contribution in [2.24, 2.45) is 10.3 Å². The summed E-state index contributed by atoms with van der Waals surface area (Å²) in [6.45, 7) is 0.0885. The van der Waals surface area contributed by atoms with Gasteiger partial charge in [0, 0.05) is 10.0 Å². The van der Waals surface area contributed by atoms with Crippen LogP contribution in [0, 0.1) is 0 Å². The molecule has 32 heavy (non-hydrogen) atoms. The lowest BCUT2D eigenvalue weighted by atomic mass is 10.1. The number of hydrogen-bond acceptors (Lipinski definition) is 8. The molecule has 3 heterocycles. The highest BCUT2D eigenvalue weighted by atomic mass is 79.9. The van der Waals surface area contributed by atoms with Crippen molar-refractivity contribution in [1.82, 2.24) is 15.1 Å². The molecule has 1 aliphatic carbocycles. The largest absolute Gasteiger partial charge is 0.337 e. The Morgan fingerprint density at radius 1 is 1.03 bits per heavy atom. The van der Waals surface area contributed by atoms with E-state index in [-0.39, 0.29) is 18.4 Å². The lowest BCUT2D eigenvalue weighted by molar-refractivity contribution is -0.123. The molecule has 10 heteroatoms. The van der Waals surface area contributed by atoms with E-state index in [2.05, 4.69) is 36.4 Å². The van der Waals surface area contributed by atoms with Crippen LogP contribution in [0.5, 0.6) is 0 Å². The van der Waals surface area contributed by atoms with Gasteiger partial charge in [0.15, 0.2) is 12.1 Å². The van der Waals surface area contributed by atoms with Crippen LogP contribution < -0.4 is 4.90 Å². The third kappa shape index (κ3) is 3.05. The number of benzene rings is 2. The molecule has 0 N–H and O–H groups in total. The van der Waals surface area contributed by atoms with Crippen molar-refractivity contribution in [1.29, 1.82) is 0 Å². The van der Waals surface area contributed by atoms with E-state index in [9.17, 15) is 9.59 Å². The highest BCUT2D eigenvalue weighted by Crippen LogP contribution is 2.35. The van der Waals surface area contributed by atoms with Gasteiger partial charge in [0.05, 0.1) is 5.69 Å². The number of hydrogen-bond donors (Lipinski definition) is 0. The number of carbonyl (C=O) groups excluding carboxylic acids is 2. The smallest absolute Gasteiger partial charge is 0.263 e. The first kappa shape index (κ1) is 19.3. The number of anilines is 1. The standard InChI is InChI=1S/C22H17BrN6O3/c23-15-7-4-13(5-8-15)20-24-17(32-26-20)11-28-19-18(25-27-28)21(30)29(22(19)31)16-9-6-12-2-1-3-14(12)10-16/h4-10,18-19H,1-3,11H2/t18-,19+/m0/s1. The van der Waals surface area contributed by atoms with Crippen molar-refractivity contribution in [3.63, 3.8) is 0 Å². The van der Waals surface area contributed by atoms with Gasteiger partial charge in [-0.05, 0) is 66.8 Å². The molecule has 1 saturated heterocycles. The minimum Gasteiger partial charge on any atom is -0.337 e. The molecule has 0 radical (unpaired) electrons. The number of aryl methyl sites for hydroxylation is 2. The van der Waals surface area contributed by atoms with Crippen molar-refractivity contribution < 1.29 is 14.1 Å². The minimum absolute atomic E-state index is 0.0885. The zero-order valence-electron chi connectivity index (χ0n) is 16.8. The minimum atomic E-state index is -0.857. The summed E-state index contributed by atoms with van der Waals surface area (Å²) in [6.07, 6.45) is 3.10. The maximum Gasteiger partial charge on any atom is 0.263 e. The van der Waals surface area contributed by atoms with E-state index in [1.54, 1.807) is 0 Å². The highest BCUT2D eigenvalue weighted by molar-refractivity contribution is 9.10. The summed E-state index contributed by atoms with van der Waals surface area (Å²) in [7, 11) is 0. The monoisotopic (exact) mass is 492 g/mol. The molecule has 9 nitrogen and oxygen atoms in total. The van der Waals surface area contributed by atoms with E-state index in [4.69, 9.17) is 4.52 Å². The number of rotatable bonds is 4. The second kappa shape index (κ2) is 7.33. The average molecular weight is 493 g/mol. The molecule has 6 rings (SSSR count). The van der Waals surface area contributed by atoms with Crippen LogP contribution >= 0.6 is 15.9 Å². The van der Waals surface area contributed by atoms with Gasteiger partial charge in [0.2, 0.25) is 11.7 Å². The van der Waals surface area contributed by atoms with E-state index in [0.29, 0.717) is 17.4 Å². The van der Waals surface area contributed by atoms with Crippen molar-refractivity contribution in [3.05, 3.63) is 64.0 Å². The van der Waals surface area contributed by atoms with Crippen LogP contribution in [0.25, 0.3) is 11.4 Å². The lowest BCUT2D eigenvalue weighted by Crippen LogP contribution is -2.39. The molecule has 160 valence electrons. The predicted molar refractivity (Wildman–Crippen MR) is 116 cm³/mol. The topological polar surface area (TPSA) is 104 Å². The van der Waals surface area contributed by atoms with Gasteiger partial charge in [-0.15, -0.1) is 0 Å². The maximum atomic E-state index is 13.2. The first-order valence-corrected chi connectivity index (χ1v) is 11.1. The van der Waals surface area contributed by atoms with Gasteiger partial charge in [-0.25, -0.2) is 4.90 Å². The summed E-state index contributed by atoms with van der Waals surface area (Å²) < 4.78 is 6.31. The van der Waals surface area contributed by atoms with Crippen LogP contribution in [0.1, 0.15) is 23.4 Å². The van der Waals surface area contributed by atoms with Gasteiger partial charge in [-0.1, -0.05) is 32.4 Å². The zero-order valence-corrected chi connectivity index (χ0v) is 18.4. The van der Waals surface area contributed by atoms with Crippen molar-refractivity contribution in [2.75, 3.05) is 4.90 Å². The van der Waals surface area contributed by atoms with Crippen LogP contribution in [0.15, 0.2) is 61.8 Å². The molecule has 2 aliphatic heterocycles. The normalized spacial score (nSPS) is 21.5. The SMILES string of the molecule is O=C1[C@H]2N=NN(Cc3nc(-c4ccc(Br)cc4)no3)[C@H]2C(=O)N1c1ccc2c(c1)CCC2. The molecule has 0 unspecified atom stereocenters. The molecule has 3 aliphatic rings. The Morgan fingerprint density at radius 2 is 1.84 bits per heavy atom. The molecule has 0 saturated carbocycles. The van der Waals surface area contributed by atoms with E-state index < -0.39 is 12.1 Å². The van der Waals surface area contributed by atoms with Crippen molar-refractivity contribution in [3.8, 4) is 11.4 Å². The molecule has 2 aromatic carbocycles. The van der Waals surface area contributed by atoms with Crippen LogP contribution in [0.4, 0.5) is 5.69 Å². The number of aromatic nitrogens is 2. The number of imide groups is 1. The average Bonchev–Trinajstić information content (AvgIpc) is 3.56. The number of halogens is 1. The summed E-state index contributed by atoms with van der Waals surface area (Å²) in [5.41, 5.74) is 3.89. The van der Waals surface area contributed by atoms with Crippen LogP contribution in [-0.2, 0) is 29.0 Å². The van der Waals surface area contributed by atoms with Gasteiger partial charge >= 0.3 is 0 Å². The Labute approximate surface area is 191 Å². The van der Waals surface area contributed by atoms with E-state index >= 15 is 0 Å². The number of carbonyl (C=O) groups is 2. The summed E-state index contributed by atoms with van der Waals surface area (Å²) in [5, 5.41) is 13.6. The first-order chi connectivity index (χ1) is 15.6. The Kier molecular flexibility index (Phi) is 4.42. The van der Waals surface area contributed by atoms with Gasteiger partial charge in [0.1, 0.15) is 6.54 Å². The zero-order chi connectivity index (χ0) is 21.8. The van der Waals surface area contributed by atoms with Crippen molar-refractivity contribution >= 4 is 33.4 Å². The number of nitrogens with zero attached hydrogens (tertiary/aromatic N) is 6. The summed E-state index contributed by atoms with van der Waals surface area (Å²) in [6, 6.07) is 11.7. The fourth-order valence-electron chi connectivity index (χ4n) is 4.48. The molecule has 2 atom stereocenters. The molecule has 2 amide bonds. The van der Waals surface area contributed by atoms with Crippen LogP contribution in [0.3, 0.4) is 0 Å². The molecular weight excluding hydrogens is 476 g/mol. The third-order valence-corrected chi connectivity index (χ3v) is 6.59. The van der Waals surface area contributed by atoms with Crippen molar-refractivity contribution in [2.45, 2.75) is 37.9 Å². The Hall–Kier alpha value is -3.40. The second-order valence-corrected chi connectivity index (χ2v) is 8.94. The van der Waals surface area contributed by atoms with Gasteiger partial charge in [0.25, 0.3) is 11.8 Å². The Morgan fingerprint density at radius 3 is 2.69 bits per heavy atom. The van der Waals surface area contributed by atoms with E-state index in [0.717, 1.165) is 29.3 Å². The van der Waals surface area contributed by atoms with E-state index in [1.165, 1.54) is 21.0 Å². The first-order valence-electron chi connectivity index (χ1n) is 10.3. The van der Waals surface area contributed by atoms with Gasteiger partial charge in [-0.3, -0.25) is 14.6 Å². The summed E-state index contributed by atoms with van der Waals surface area (Å²) in [5.74, 6) is 0.0356. The number of amides is 2. The second-order valence-electron chi connectivity index (χ2n) is 8.03. The maximum absolute atomic E-state index is 13.2. The van der Waals surface area contributed by atoms with Gasteiger partial charge in [-0.2, -0.15) is 10.1 Å². The fraction of sp³-hybridized carbons (Fsp3) is 0.273. The van der Waals surface area contributed by atoms with Gasteiger partial charge < -0.3 is 4.52 Å². The Balaban J connectivity index is 1.23. The fourth-order valence-corrected chi connectivity index (χ4v) is 4.74. The molecular formula is C22H17BrN6O3. The lowest BCUT2D eigenvalue weighted by Gasteiger charge is -2.19. The quantitative estimate of drug-likeness (QED) is 0.516. The molecule has 1 fully saturated rings. The van der Waals surface area contributed by atoms with E-state index in [1.807, 2.05) is 42.5 Å². The summed E-state index contributed by atoms with van der Waals surface area (Å²) in [4.78, 5) is 31.9. The Bertz CT molecular complexity index is 1270. The predicted octanol–water partition coefficient (Wildman–Crippen LogP) is 3.48. The highest BCUT2D eigenvalue weighted by Gasteiger charge is 2.55. The molecule has 1 aromatic heterocycles.